The van der Waals surface area contributed by atoms with Gasteiger partial charge in [0, 0.05) is 12.7 Å². The van der Waals surface area contributed by atoms with Gasteiger partial charge in [-0.25, -0.2) is 4.39 Å². The zero-order valence-corrected chi connectivity index (χ0v) is 12.9. The Morgan fingerprint density at radius 3 is 2.95 bits per heavy atom. The first kappa shape index (κ1) is 15.2. The van der Waals surface area contributed by atoms with Crippen LogP contribution < -0.4 is 0 Å². The molecule has 106 valence electrons. The van der Waals surface area contributed by atoms with Crippen molar-refractivity contribution >= 4 is 33.3 Å². The van der Waals surface area contributed by atoms with Gasteiger partial charge in [0.1, 0.15) is 11.5 Å². The molecule has 4 nitrogen and oxygen atoms in total. The Morgan fingerprint density at radius 1 is 1.55 bits per heavy atom. The molecule has 0 amide bonds. The third-order valence-electron chi connectivity index (χ3n) is 2.70. The number of hydrogen-bond donors (Lipinski definition) is 0. The Balaban J connectivity index is 2.37. The second-order valence-corrected chi connectivity index (χ2v) is 5.28. The maximum absolute atomic E-state index is 13.5. The summed E-state index contributed by atoms with van der Waals surface area (Å²) in [7, 11) is 1.55. The molecule has 0 aliphatic carbocycles. The summed E-state index contributed by atoms with van der Waals surface area (Å²) in [6.07, 6.45) is 1.39. The summed E-state index contributed by atoms with van der Waals surface area (Å²) in [5, 5.41) is 4.25. The lowest BCUT2D eigenvalue weighted by Crippen LogP contribution is -2.15. The molecule has 2 aromatic rings. The van der Waals surface area contributed by atoms with Crippen LogP contribution in [-0.4, -0.2) is 29.3 Å². The minimum atomic E-state index is -0.505. The van der Waals surface area contributed by atoms with E-state index in [1.165, 1.54) is 23.0 Å². The van der Waals surface area contributed by atoms with Crippen LogP contribution in [0, 0.1) is 5.82 Å². The van der Waals surface area contributed by atoms with Crippen molar-refractivity contribution in [1.29, 1.82) is 0 Å². The first-order valence-electron chi connectivity index (χ1n) is 5.74. The van der Waals surface area contributed by atoms with Gasteiger partial charge in [0.2, 0.25) is 5.78 Å². The molecule has 0 N–H and O–H groups in total. The molecule has 0 aliphatic rings. The molecule has 20 heavy (non-hydrogen) atoms. The SMILES string of the molecule is COCCn1ncc(Cl)c1C(=O)c1ccc(Br)c(F)c1. The third kappa shape index (κ3) is 3.08. The van der Waals surface area contributed by atoms with E-state index in [-0.39, 0.29) is 22.1 Å². The molecule has 0 unspecified atom stereocenters. The Hall–Kier alpha value is -1.24. The van der Waals surface area contributed by atoms with Crippen molar-refractivity contribution in [3.63, 3.8) is 0 Å². The van der Waals surface area contributed by atoms with Crippen LogP contribution in [0.15, 0.2) is 28.9 Å². The van der Waals surface area contributed by atoms with Crippen LogP contribution in [0.3, 0.4) is 0 Å². The molecule has 7 heteroatoms. The number of halogens is 3. The second kappa shape index (κ2) is 6.47. The standard InChI is InChI=1S/C13H11BrClFN2O2/c1-20-5-4-18-12(10(15)7-17-18)13(19)8-2-3-9(14)11(16)6-8/h2-3,6-7H,4-5H2,1H3. The van der Waals surface area contributed by atoms with E-state index in [0.29, 0.717) is 17.6 Å². The van der Waals surface area contributed by atoms with Crippen LogP contribution in [0.25, 0.3) is 0 Å². The molecular formula is C13H11BrClFN2O2. The van der Waals surface area contributed by atoms with Crippen molar-refractivity contribution in [2.45, 2.75) is 6.54 Å². The molecule has 0 fully saturated rings. The topological polar surface area (TPSA) is 44.1 Å². The predicted molar refractivity (Wildman–Crippen MR) is 76.6 cm³/mol. The zero-order valence-electron chi connectivity index (χ0n) is 10.6. The Bertz CT molecular complexity index is 645. The minimum Gasteiger partial charge on any atom is -0.383 e. The summed E-state index contributed by atoms with van der Waals surface area (Å²) in [5.74, 6) is -0.884. The van der Waals surface area contributed by atoms with E-state index in [2.05, 4.69) is 21.0 Å². The molecule has 0 aliphatic heterocycles. The zero-order chi connectivity index (χ0) is 14.7. The molecule has 2 rings (SSSR count). The van der Waals surface area contributed by atoms with Crippen molar-refractivity contribution in [2.75, 3.05) is 13.7 Å². The van der Waals surface area contributed by atoms with Crippen LogP contribution >= 0.6 is 27.5 Å². The fraction of sp³-hybridized carbons (Fsp3) is 0.231. The molecule has 1 aromatic heterocycles. The lowest BCUT2D eigenvalue weighted by atomic mass is 10.1. The summed E-state index contributed by atoms with van der Waals surface area (Å²) in [4.78, 5) is 12.4. The highest BCUT2D eigenvalue weighted by Gasteiger charge is 2.20. The Morgan fingerprint density at radius 2 is 2.30 bits per heavy atom. The first-order chi connectivity index (χ1) is 9.54. The van der Waals surface area contributed by atoms with Crippen LogP contribution in [0.1, 0.15) is 16.1 Å². The Labute approximate surface area is 128 Å². The van der Waals surface area contributed by atoms with E-state index >= 15 is 0 Å². The number of aromatic nitrogens is 2. The number of ketones is 1. The van der Waals surface area contributed by atoms with E-state index in [1.807, 2.05) is 0 Å². The molecule has 1 aromatic carbocycles. The summed E-state index contributed by atoms with van der Waals surface area (Å²) in [6, 6.07) is 4.17. The normalized spacial score (nSPS) is 10.8. The van der Waals surface area contributed by atoms with Crippen LogP contribution in [0.5, 0.6) is 0 Å². The van der Waals surface area contributed by atoms with Gasteiger partial charge >= 0.3 is 0 Å². The predicted octanol–water partition coefficient (Wildman–Crippen LogP) is 3.32. The Kier molecular flexibility index (Phi) is 4.91. The van der Waals surface area contributed by atoms with Crippen molar-refractivity contribution in [1.82, 2.24) is 9.78 Å². The highest BCUT2D eigenvalue weighted by molar-refractivity contribution is 9.10. The average Bonchev–Trinajstić information content (AvgIpc) is 2.80. The number of benzene rings is 1. The van der Waals surface area contributed by atoms with Gasteiger partial charge in [-0.3, -0.25) is 9.48 Å². The minimum absolute atomic E-state index is 0.215. The van der Waals surface area contributed by atoms with Crippen molar-refractivity contribution in [3.8, 4) is 0 Å². The summed E-state index contributed by atoms with van der Waals surface area (Å²) in [5.41, 5.74) is 0.442. The quantitative estimate of drug-likeness (QED) is 0.768. The molecule has 0 atom stereocenters. The van der Waals surface area contributed by atoms with E-state index < -0.39 is 5.82 Å². The van der Waals surface area contributed by atoms with Gasteiger partial charge in [0.05, 0.1) is 28.8 Å². The molecule has 0 radical (unpaired) electrons. The van der Waals surface area contributed by atoms with E-state index in [4.69, 9.17) is 16.3 Å². The van der Waals surface area contributed by atoms with Gasteiger partial charge in [-0.1, -0.05) is 11.6 Å². The molecule has 0 saturated carbocycles. The van der Waals surface area contributed by atoms with E-state index in [9.17, 15) is 9.18 Å². The van der Waals surface area contributed by atoms with Crippen molar-refractivity contribution in [2.24, 2.45) is 0 Å². The summed E-state index contributed by atoms with van der Waals surface area (Å²) >= 11 is 9.04. The fourth-order valence-electron chi connectivity index (χ4n) is 1.71. The number of rotatable bonds is 5. The second-order valence-electron chi connectivity index (χ2n) is 4.02. The third-order valence-corrected chi connectivity index (χ3v) is 3.62. The van der Waals surface area contributed by atoms with E-state index in [0.717, 1.165) is 6.07 Å². The van der Waals surface area contributed by atoms with Gasteiger partial charge in [-0.05, 0) is 34.1 Å². The lowest BCUT2D eigenvalue weighted by molar-refractivity contribution is 0.102. The number of methoxy groups -OCH3 is 1. The molecule has 0 spiro atoms. The van der Waals surface area contributed by atoms with Gasteiger partial charge < -0.3 is 4.74 Å². The summed E-state index contributed by atoms with van der Waals surface area (Å²) < 4.78 is 20.2. The largest absolute Gasteiger partial charge is 0.383 e. The van der Waals surface area contributed by atoms with Crippen LogP contribution in [-0.2, 0) is 11.3 Å². The van der Waals surface area contributed by atoms with Crippen LogP contribution in [0.4, 0.5) is 4.39 Å². The van der Waals surface area contributed by atoms with Gasteiger partial charge in [0.15, 0.2) is 0 Å². The number of carbonyl (C=O) groups excluding carboxylic acids is 1. The highest BCUT2D eigenvalue weighted by atomic mass is 79.9. The fourth-order valence-corrected chi connectivity index (χ4v) is 2.18. The smallest absolute Gasteiger partial charge is 0.212 e. The van der Waals surface area contributed by atoms with Gasteiger partial charge in [0.25, 0.3) is 0 Å². The highest BCUT2D eigenvalue weighted by Crippen LogP contribution is 2.22. The maximum Gasteiger partial charge on any atom is 0.212 e. The van der Waals surface area contributed by atoms with Gasteiger partial charge in [-0.15, -0.1) is 0 Å². The number of hydrogen-bond acceptors (Lipinski definition) is 3. The number of nitrogens with zero attached hydrogens (tertiary/aromatic N) is 2. The van der Waals surface area contributed by atoms with Crippen LogP contribution in [0.2, 0.25) is 5.02 Å². The first-order valence-corrected chi connectivity index (χ1v) is 6.91. The average molecular weight is 362 g/mol. The van der Waals surface area contributed by atoms with Crippen molar-refractivity contribution < 1.29 is 13.9 Å². The number of carbonyl (C=O) groups is 1. The molecular weight excluding hydrogens is 351 g/mol. The van der Waals surface area contributed by atoms with E-state index in [1.54, 1.807) is 7.11 Å². The van der Waals surface area contributed by atoms with Gasteiger partial charge in [-0.2, -0.15) is 5.10 Å². The number of ether oxygens (including phenoxy) is 1. The maximum atomic E-state index is 13.5. The summed E-state index contributed by atoms with van der Waals surface area (Å²) in [6.45, 7) is 0.788. The molecule has 1 heterocycles. The monoisotopic (exact) mass is 360 g/mol. The molecule has 0 saturated heterocycles. The lowest BCUT2D eigenvalue weighted by Gasteiger charge is -2.07. The van der Waals surface area contributed by atoms with Crippen molar-refractivity contribution in [3.05, 3.63) is 51.0 Å². The molecule has 0 bridgehead atoms.